The zero-order chi connectivity index (χ0) is 25.2. The van der Waals surface area contributed by atoms with Crippen molar-refractivity contribution < 1.29 is 9.18 Å². The fourth-order valence-corrected chi connectivity index (χ4v) is 4.11. The highest BCUT2D eigenvalue weighted by molar-refractivity contribution is 5.99. The van der Waals surface area contributed by atoms with E-state index in [9.17, 15) is 9.18 Å². The number of likely N-dealkylation sites (N-methyl/N-ethyl adjacent to an activating group) is 1. The molecule has 5 rings (SSSR count). The minimum atomic E-state index is -0.318. The lowest BCUT2D eigenvalue weighted by Crippen LogP contribution is -2.44. The summed E-state index contributed by atoms with van der Waals surface area (Å²) in [5, 5.41) is 5.78. The van der Waals surface area contributed by atoms with Gasteiger partial charge in [-0.1, -0.05) is 12.6 Å². The number of nitrogens with zero attached hydrogens (tertiary/aromatic N) is 6. The van der Waals surface area contributed by atoms with E-state index in [1.54, 1.807) is 41.2 Å². The van der Waals surface area contributed by atoms with Crippen LogP contribution in [0, 0.1) is 5.82 Å². The number of hydrogen-bond acceptors (Lipinski definition) is 8. The largest absolute Gasteiger partial charge is 0.382 e. The van der Waals surface area contributed by atoms with Gasteiger partial charge in [-0.2, -0.15) is 9.97 Å². The minimum absolute atomic E-state index is 0.187. The maximum atomic E-state index is 14.9. The molecule has 0 spiro atoms. The molecule has 1 amide bonds. The van der Waals surface area contributed by atoms with Crippen LogP contribution in [-0.4, -0.2) is 63.6 Å². The van der Waals surface area contributed by atoms with Crippen molar-refractivity contribution in [3.05, 3.63) is 67.3 Å². The molecule has 0 atom stereocenters. The number of amides is 1. The van der Waals surface area contributed by atoms with Crippen molar-refractivity contribution in [2.24, 2.45) is 0 Å². The van der Waals surface area contributed by atoms with Gasteiger partial charge in [0.05, 0.1) is 11.4 Å². The molecule has 1 aliphatic rings. The van der Waals surface area contributed by atoms with Gasteiger partial charge in [0.15, 0.2) is 17.0 Å². The van der Waals surface area contributed by atoms with Crippen molar-refractivity contribution in [1.82, 2.24) is 24.4 Å². The minimum Gasteiger partial charge on any atom is -0.382 e. The van der Waals surface area contributed by atoms with Crippen molar-refractivity contribution >= 4 is 45.9 Å². The summed E-state index contributed by atoms with van der Waals surface area (Å²) in [6.07, 6.45) is 2.78. The lowest BCUT2D eigenvalue weighted by atomic mass is 10.2. The van der Waals surface area contributed by atoms with E-state index in [2.05, 4.69) is 44.1 Å². The van der Waals surface area contributed by atoms with Crippen molar-refractivity contribution in [3.63, 3.8) is 0 Å². The first-order chi connectivity index (χ1) is 17.4. The number of rotatable bonds is 6. The molecule has 0 unspecified atom stereocenters. The topological polar surface area (TPSA) is 117 Å². The number of nitrogens with one attached hydrogen (secondary N) is 2. The Bertz CT molecular complexity index is 1440. The maximum absolute atomic E-state index is 14.9. The number of carbonyl (C=O) groups excluding carboxylic acids is 1. The van der Waals surface area contributed by atoms with Gasteiger partial charge in [0.1, 0.15) is 12.1 Å². The van der Waals surface area contributed by atoms with Gasteiger partial charge in [0.25, 0.3) is 0 Å². The summed E-state index contributed by atoms with van der Waals surface area (Å²) in [6.45, 7) is 6.81. The van der Waals surface area contributed by atoms with E-state index in [4.69, 9.17) is 5.73 Å². The Labute approximate surface area is 207 Å². The highest BCUT2D eigenvalue weighted by Crippen LogP contribution is 2.27. The van der Waals surface area contributed by atoms with Crippen LogP contribution in [-0.2, 0) is 4.79 Å². The lowest BCUT2D eigenvalue weighted by Gasteiger charge is -2.34. The Morgan fingerprint density at radius 2 is 1.92 bits per heavy atom. The predicted octanol–water partition coefficient (Wildman–Crippen LogP) is 3.16. The zero-order valence-electron chi connectivity index (χ0n) is 19.8. The van der Waals surface area contributed by atoms with E-state index in [0.717, 1.165) is 26.2 Å². The molecular weight excluding hydrogens is 461 g/mol. The number of piperazine rings is 1. The number of anilines is 5. The third kappa shape index (κ3) is 4.68. The van der Waals surface area contributed by atoms with E-state index in [1.165, 1.54) is 12.1 Å². The van der Waals surface area contributed by atoms with Crippen LogP contribution in [0.15, 0.2) is 61.4 Å². The first kappa shape index (κ1) is 23.2. The van der Waals surface area contributed by atoms with Crippen molar-refractivity contribution in [2.75, 3.05) is 54.5 Å². The molecule has 0 radical (unpaired) electrons. The molecule has 36 heavy (non-hydrogen) atoms. The van der Waals surface area contributed by atoms with Crippen molar-refractivity contribution in [2.45, 2.75) is 0 Å². The molecule has 1 saturated heterocycles. The Hall–Kier alpha value is -4.51. The van der Waals surface area contributed by atoms with Gasteiger partial charge < -0.3 is 26.2 Å². The molecule has 0 saturated carbocycles. The smallest absolute Gasteiger partial charge is 0.247 e. The van der Waals surface area contributed by atoms with Gasteiger partial charge in [0, 0.05) is 37.6 Å². The fraction of sp³-hybridized carbons (Fsp3) is 0.200. The summed E-state index contributed by atoms with van der Waals surface area (Å²) < 4.78 is 16.7. The molecule has 2 aromatic carbocycles. The van der Waals surface area contributed by atoms with Crippen LogP contribution in [0.4, 0.5) is 33.2 Å². The average Bonchev–Trinajstić information content (AvgIpc) is 3.29. The Morgan fingerprint density at radius 1 is 1.11 bits per heavy atom. The van der Waals surface area contributed by atoms with Gasteiger partial charge in [-0.05, 0) is 49.5 Å². The second kappa shape index (κ2) is 9.62. The van der Waals surface area contributed by atoms with Crippen LogP contribution < -0.4 is 21.3 Å². The Balaban J connectivity index is 1.42. The van der Waals surface area contributed by atoms with Crippen LogP contribution in [0.1, 0.15) is 0 Å². The normalized spacial score (nSPS) is 14.1. The van der Waals surface area contributed by atoms with Crippen LogP contribution in [0.5, 0.6) is 0 Å². The highest BCUT2D eigenvalue weighted by atomic mass is 19.1. The molecule has 4 N–H and O–H groups in total. The first-order valence-electron chi connectivity index (χ1n) is 11.5. The molecule has 4 aromatic rings. The van der Waals surface area contributed by atoms with Gasteiger partial charge in [-0.15, -0.1) is 0 Å². The van der Waals surface area contributed by atoms with Crippen LogP contribution in [0.25, 0.3) is 16.9 Å². The molecule has 1 fully saturated rings. The third-order valence-corrected chi connectivity index (χ3v) is 6.05. The van der Waals surface area contributed by atoms with Gasteiger partial charge in [0.2, 0.25) is 11.9 Å². The predicted molar refractivity (Wildman–Crippen MR) is 139 cm³/mol. The highest BCUT2D eigenvalue weighted by Gasteiger charge is 2.18. The van der Waals surface area contributed by atoms with Gasteiger partial charge >= 0.3 is 0 Å². The zero-order valence-corrected chi connectivity index (χ0v) is 19.8. The number of hydrogen-bond donors (Lipinski definition) is 3. The molecule has 10 nitrogen and oxygen atoms in total. The van der Waals surface area contributed by atoms with E-state index in [0.29, 0.717) is 33.9 Å². The average molecular weight is 488 g/mol. The summed E-state index contributed by atoms with van der Waals surface area (Å²) >= 11 is 0. The second-order valence-corrected chi connectivity index (χ2v) is 8.54. The first-order valence-corrected chi connectivity index (χ1v) is 11.5. The summed E-state index contributed by atoms with van der Waals surface area (Å²) in [5.74, 6) is -0.231. The van der Waals surface area contributed by atoms with Crippen LogP contribution >= 0.6 is 0 Å². The number of halogens is 1. The quantitative estimate of drug-likeness (QED) is 0.355. The van der Waals surface area contributed by atoms with Crippen LogP contribution in [0.2, 0.25) is 0 Å². The third-order valence-electron chi connectivity index (χ3n) is 6.05. The van der Waals surface area contributed by atoms with Crippen molar-refractivity contribution in [1.29, 1.82) is 0 Å². The summed E-state index contributed by atoms with van der Waals surface area (Å²) in [6, 6.07) is 12.2. The molecule has 3 heterocycles. The van der Waals surface area contributed by atoms with Gasteiger partial charge in [-0.3, -0.25) is 9.36 Å². The van der Waals surface area contributed by atoms with Gasteiger partial charge in [-0.25, -0.2) is 9.37 Å². The maximum Gasteiger partial charge on any atom is 0.247 e. The number of aromatic nitrogens is 4. The molecule has 184 valence electrons. The number of nitrogen functional groups attached to an aromatic ring is 1. The molecule has 0 aliphatic carbocycles. The van der Waals surface area contributed by atoms with E-state index >= 15 is 0 Å². The molecule has 1 aliphatic heterocycles. The second-order valence-electron chi connectivity index (χ2n) is 8.54. The number of carbonyl (C=O) groups is 1. The Kier molecular flexibility index (Phi) is 6.21. The summed E-state index contributed by atoms with van der Waals surface area (Å²) in [5.41, 5.74) is 9.44. The lowest BCUT2D eigenvalue weighted by molar-refractivity contribution is -0.111. The van der Waals surface area contributed by atoms with Crippen molar-refractivity contribution in [3.8, 4) is 5.69 Å². The SMILES string of the molecule is C=CC(=O)Nc1cccc(-n2cnc3c(N)nc(Nc4ccc(N5CCN(C)CC5)c(F)c4)nc32)c1. The molecular formula is C25H26FN9O. The Morgan fingerprint density at radius 3 is 2.67 bits per heavy atom. The molecule has 0 bridgehead atoms. The molecule has 11 heteroatoms. The number of benzene rings is 2. The monoisotopic (exact) mass is 487 g/mol. The van der Waals surface area contributed by atoms with E-state index < -0.39 is 0 Å². The van der Waals surface area contributed by atoms with E-state index in [1.807, 2.05) is 11.0 Å². The number of imidazole rings is 1. The molecule has 2 aromatic heterocycles. The van der Waals surface area contributed by atoms with Crippen LogP contribution in [0.3, 0.4) is 0 Å². The van der Waals surface area contributed by atoms with E-state index in [-0.39, 0.29) is 23.5 Å². The summed E-state index contributed by atoms with van der Waals surface area (Å²) in [4.78, 5) is 29.2. The number of fused-ring (bicyclic) bond motifs is 1. The number of nitrogens with two attached hydrogens (primary N) is 1. The fourth-order valence-electron chi connectivity index (χ4n) is 4.11. The summed E-state index contributed by atoms with van der Waals surface area (Å²) in [7, 11) is 2.06. The standard InChI is InChI=1S/C25H26FN9O/c1-3-21(36)29-16-5-4-6-18(13-16)35-15-28-22-23(27)31-25(32-24(22)35)30-17-7-8-20(19(26)14-17)34-11-9-33(2)10-12-34/h3-8,13-15H,1,9-12H2,2H3,(H,29,36)(H3,27,30,31,32).